The zero-order valence-corrected chi connectivity index (χ0v) is 12.7. The second-order valence-corrected chi connectivity index (χ2v) is 4.89. The summed E-state index contributed by atoms with van der Waals surface area (Å²) in [5.74, 6) is 3.51. The first kappa shape index (κ1) is 18.1. The van der Waals surface area contributed by atoms with Gasteiger partial charge in [-0.3, -0.25) is 5.84 Å². The number of alkyl halides is 3. The Labute approximate surface area is 140 Å². The minimum Gasteiger partial charge on any atom is -0.476 e. The second kappa shape index (κ2) is 7.14. The smallest absolute Gasteiger partial charge is 0.476 e. The monoisotopic (exact) mass is 353 g/mol. The molecule has 0 saturated carbocycles. The van der Waals surface area contributed by atoms with E-state index in [2.05, 4.69) is 4.74 Å². The number of halogens is 3. The van der Waals surface area contributed by atoms with Crippen LogP contribution in [0.4, 0.5) is 13.2 Å². The van der Waals surface area contributed by atoms with Gasteiger partial charge in [-0.15, -0.1) is 13.2 Å². The molecule has 0 aliphatic heterocycles. The molecule has 0 radical (unpaired) electrons. The molecule has 0 atom stereocenters. The van der Waals surface area contributed by atoms with Crippen LogP contribution in [0.15, 0.2) is 54.2 Å². The van der Waals surface area contributed by atoms with Gasteiger partial charge in [-0.2, -0.15) is 0 Å². The Kier molecular flexibility index (Phi) is 5.18. The molecule has 0 aliphatic carbocycles. The average molecular weight is 353 g/mol. The average Bonchev–Trinajstić information content (AvgIpc) is 2.54. The van der Waals surface area contributed by atoms with Gasteiger partial charge in [0, 0.05) is 0 Å². The predicted molar refractivity (Wildman–Crippen MR) is 84.6 cm³/mol. The molecule has 0 fully saturated rings. The summed E-state index contributed by atoms with van der Waals surface area (Å²) < 4.78 is 40.2. The largest absolute Gasteiger partial charge is 0.573 e. The van der Waals surface area contributed by atoms with Crippen LogP contribution in [-0.2, 0) is 4.79 Å². The van der Waals surface area contributed by atoms with Gasteiger partial charge in [-0.1, -0.05) is 36.4 Å². The molecule has 6 nitrogen and oxygen atoms in total. The molecule has 6 N–H and O–H groups in total. The lowest BCUT2D eigenvalue weighted by Gasteiger charge is -2.10. The zero-order chi connectivity index (χ0) is 18.6. The molecule has 2 rings (SSSR count). The summed E-state index contributed by atoms with van der Waals surface area (Å²) in [5.41, 5.74) is 9.16. The number of nitrogens with two attached hydrogens (primary N) is 2. The maximum Gasteiger partial charge on any atom is 0.573 e. The summed E-state index contributed by atoms with van der Waals surface area (Å²) in [4.78, 5) is 11.0. The summed E-state index contributed by atoms with van der Waals surface area (Å²) in [6.45, 7) is 0. The van der Waals surface area contributed by atoms with Crippen molar-refractivity contribution in [3.8, 4) is 16.9 Å². The zero-order valence-electron chi connectivity index (χ0n) is 12.7. The lowest BCUT2D eigenvalue weighted by molar-refractivity contribution is -0.274. The third-order valence-electron chi connectivity index (χ3n) is 3.24. The predicted octanol–water partition coefficient (Wildman–Crippen LogP) is 2.43. The third kappa shape index (κ3) is 4.64. The van der Waals surface area contributed by atoms with Gasteiger partial charge >= 0.3 is 12.3 Å². The van der Waals surface area contributed by atoms with E-state index in [1.165, 1.54) is 24.3 Å². The van der Waals surface area contributed by atoms with Gasteiger partial charge in [0.05, 0.1) is 5.70 Å². The second-order valence-electron chi connectivity index (χ2n) is 4.89. The van der Waals surface area contributed by atoms with Crippen LogP contribution in [0.2, 0.25) is 0 Å². The maximum absolute atomic E-state index is 12.1. The van der Waals surface area contributed by atoms with Crippen molar-refractivity contribution < 1.29 is 27.8 Å². The molecule has 0 saturated heterocycles. The normalized spacial score (nSPS) is 12.3. The highest BCUT2D eigenvalue weighted by atomic mass is 19.4. The Hall–Kier alpha value is -3.20. The van der Waals surface area contributed by atoms with Gasteiger partial charge in [-0.05, 0) is 28.8 Å². The van der Waals surface area contributed by atoms with Crippen molar-refractivity contribution in [2.24, 2.45) is 11.6 Å². The van der Waals surface area contributed by atoms with Crippen molar-refractivity contribution in [2.75, 3.05) is 0 Å². The summed E-state index contributed by atoms with van der Waals surface area (Å²) >= 11 is 0. The van der Waals surface area contributed by atoms with Crippen LogP contribution in [-0.4, -0.2) is 17.4 Å². The Morgan fingerprint density at radius 3 is 1.88 bits per heavy atom. The highest BCUT2D eigenvalue weighted by Gasteiger charge is 2.30. The number of rotatable bonds is 5. The fourth-order valence-corrected chi connectivity index (χ4v) is 2.09. The Bertz CT molecular complexity index is 785. The van der Waals surface area contributed by atoms with E-state index in [0.717, 1.165) is 0 Å². The summed E-state index contributed by atoms with van der Waals surface area (Å²) in [6.07, 6.45) is -4.74. The van der Waals surface area contributed by atoms with Crippen LogP contribution >= 0.6 is 0 Å². The third-order valence-corrected chi connectivity index (χ3v) is 3.24. The minimum atomic E-state index is -4.74. The van der Waals surface area contributed by atoms with E-state index in [0.29, 0.717) is 16.7 Å². The van der Waals surface area contributed by atoms with Gasteiger partial charge < -0.3 is 21.0 Å². The first-order valence-corrected chi connectivity index (χ1v) is 6.87. The Balaban J connectivity index is 2.24. The molecule has 0 amide bonds. The highest BCUT2D eigenvalue weighted by Crippen LogP contribution is 2.27. The van der Waals surface area contributed by atoms with Crippen molar-refractivity contribution in [3.63, 3.8) is 0 Å². The van der Waals surface area contributed by atoms with E-state index in [4.69, 9.17) is 16.7 Å². The van der Waals surface area contributed by atoms with Crippen molar-refractivity contribution >= 4 is 11.7 Å². The number of hydrogen-bond acceptors (Lipinski definition) is 5. The number of nitrogens with one attached hydrogen (secondary N) is 1. The van der Waals surface area contributed by atoms with Crippen LogP contribution in [0.5, 0.6) is 5.75 Å². The topological polar surface area (TPSA) is 111 Å². The molecule has 0 heterocycles. The molecule has 0 aliphatic rings. The number of hydrogen-bond donors (Lipinski definition) is 4. The minimum absolute atomic E-state index is 0.0459. The Morgan fingerprint density at radius 1 is 1.00 bits per heavy atom. The molecule has 132 valence electrons. The number of ether oxygens (including phenoxy) is 1. The number of hydrazine groups is 1. The van der Waals surface area contributed by atoms with Crippen LogP contribution in [0.25, 0.3) is 16.8 Å². The van der Waals surface area contributed by atoms with Crippen LogP contribution in [0, 0.1) is 0 Å². The molecular formula is C16H14F3N3O3. The van der Waals surface area contributed by atoms with Gasteiger partial charge in [0.15, 0.2) is 5.70 Å². The summed E-state index contributed by atoms with van der Waals surface area (Å²) in [5, 5.41) is 8.97. The molecule has 2 aromatic carbocycles. The molecular weight excluding hydrogens is 339 g/mol. The number of carboxylic acid groups (broad SMARTS) is 1. The quantitative estimate of drug-likeness (QED) is 0.373. The Morgan fingerprint density at radius 2 is 1.48 bits per heavy atom. The van der Waals surface area contributed by atoms with Gasteiger partial charge in [0.25, 0.3) is 0 Å². The van der Waals surface area contributed by atoms with E-state index in [9.17, 15) is 18.0 Å². The van der Waals surface area contributed by atoms with E-state index in [-0.39, 0.29) is 17.1 Å². The van der Waals surface area contributed by atoms with Crippen LogP contribution in [0.3, 0.4) is 0 Å². The standard InChI is InChI=1S/C16H14F3N3O3/c17-16(18,19)25-12-7-5-10(6-8-12)9-1-3-11(4-2-9)13(20)14(22-21)15(23)24/h1-8,22H,20-21H2,(H,23,24)/b14-13-. The fourth-order valence-electron chi connectivity index (χ4n) is 2.09. The first-order valence-electron chi connectivity index (χ1n) is 6.87. The van der Waals surface area contributed by atoms with E-state index in [1.807, 2.05) is 5.43 Å². The van der Waals surface area contributed by atoms with Gasteiger partial charge in [0.2, 0.25) is 0 Å². The highest BCUT2D eigenvalue weighted by molar-refractivity contribution is 5.95. The summed E-state index contributed by atoms with van der Waals surface area (Å²) in [7, 11) is 0. The number of aliphatic carboxylic acids is 1. The molecule has 0 bridgehead atoms. The summed E-state index contributed by atoms with van der Waals surface area (Å²) in [6, 6.07) is 11.8. The molecule has 25 heavy (non-hydrogen) atoms. The van der Waals surface area contributed by atoms with E-state index in [1.54, 1.807) is 24.3 Å². The fraction of sp³-hybridized carbons (Fsp3) is 0.0625. The molecule has 9 heteroatoms. The lowest BCUT2D eigenvalue weighted by Crippen LogP contribution is -2.29. The van der Waals surface area contributed by atoms with Crippen molar-refractivity contribution in [3.05, 3.63) is 59.8 Å². The van der Waals surface area contributed by atoms with Crippen LogP contribution in [0.1, 0.15) is 5.56 Å². The molecule has 0 unspecified atom stereocenters. The van der Waals surface area contributed by atoms with Crippen molar-refractivity contribution in [2.45, 2.75) is 6.36 Å². The number of benzene rings is 2. The van der Waals surface area contributed by atoms with Gasteiger partial charge in [-0.25, -0.2) is 4.79 Å². The van der Waals surface area contributed by atoms with E-state index >= 15 is 0 Å². The molecule has 2 aromatic rings. The van der Waals surface area contributed by atoms with Crippen molar-refractivity contribution in [1.82, 2.24) is 5.43 Å². The maximum atomic E-state index is 12.1. The number of carboxylic acids is 1. The first-order chi connectivity index (χ1) is 11.7. The van der Waals surface area contributed by atoms with Gasteiger partial charge in [0.1, 0.15) is 5.75 Å². The van der Waals surface area contributed by atoms with E-state index < -0.39 is 12.3 Å². The molecule has 0 spiro atoms. The SMILES string of the molecule is NN/C(C(=O)O)=C(\N)c1ccc(-c2ccc(OC(F)(F)F)cc2)cc1. The molecule has 0 aromatic heterocycles. The lowest BCUT2D eigenvalue weighted by atomic mass is 10.0. The van der Waals surface area contributed by atoms with Crippen LogP contribution < -0.4 is 21.7 Å². The number of carbonyl (C=O) groups is 1. The van der Waals surface area contributed by atoms with Crippen molar-refractivity contribution in [1.29, 1.82) is 0 Å².